The van der Waals surface area contributed by atoms with Gasteiger partial charge >= 0.3 is 5.97 Å². The first kappa shape index (κ1) is 21.0. The van der Waals surface area contributed by atoms with E-state index in [4.69, 9.17) is 0 Å². The number of allylic oxidation sites excluding steroid dienone is 1. The average molecular weight is 414 g/mol. The van der Waals surface area contributed by atoms with E-state index in [1.54, 1.807) is 0 Å². The molecule has 3 heteroatoms. The van der Waals surface area contributed by atoms with Gasteiger partial charge in [-0.1, -0.05) is 32.4 Å². The fraction of sp³-hybridized carbons (Fsp3) is 0.889. The van der Waals surface area contributed by atoms with E-state index in [-0.39, 0.29) is 0 Å². The van der Waals surface area contributed by atoms with Crippen LogP contribution in [0, 0.1) is 52.3 Å². The molecule has 4 aliphatic carbocycles. The Morgan fingerprint density at radius 1 is 1.17 bits per heavy atom. The molecule has 1 aliphatic heterocycles. The second-order valence-corrected chi connectivity index (χ2v) is 12.3. The van der Waals surface area contributed by atoms with E-state index in [0.717, 1.165) is 48.3 Å². The summed E-state index contributed by atoms with van der Waals surface area (Å²) in [6.45, 7) is 10.2. The van der Waals surface area contributed by atoms with Crippen LogP contribution in [-0.4, -0.2) is 24.2 Å². The highest BCUT2D eigenvalue weighted by molar-refractivity contribution is 5.67. The Hall–Kier alpha value is -0.830. The minimum absolute atomic E-state index is 0.387. The van der Waals surface area contributed by atoms with Gasteiger partial charge in [-0.25, -0.2) is 0 Å². The second kappa shape index (κ2) is 7.64. The van der Waals surface area contributed by atoms with Crippen molar-refractivity contribution in [1.29, 1.82) is 0 Å². The van der Waals surface area contributed by atoms with Gasteiger partial charge in [0.05, 0.1) is 0 Å². The van der Waals surface area contributed by atoms with Gasteiger partial charge in [0.1, 0.15) is 0 Å². The summed E-state index contributed by atoms with van der Waals surface area (Å²) in [5, 5.41) is 13.0. The third kappa shape index (κ3) is 3.21. The van der Waals surface area contributed by atoms with E-state index in [1.807, 2.05) is 5.57 Å². The maximum Gasteiger partial charge on any atom is 0.303 e. The molecule has 0 aromatic rings. The minimum Gasteiger partial charge on any atom is -0.481 e. The van der Waals surface area contributed by atoms with Crippen molar-refractivity contribution in [2.75, 3.05) is 13.1 Å². The molecular formula is C27H43NO2. The molecule has 168 valence electrons. The normalized spacial score (nSPS) is 50.8. The van der Waals surface area contributed by atoms with Crippen LogP contribution in [0.2, 0.25) is 0 Å². The van der Waals surface area contributed by atoms with E-state index in [0.29, 0.717) is 23.2 Å². The van der Waals surface area contributed by atoms with Crippen molar-refractivity contribution in [2.24, 2.45) is 52.3 Å². The van der Waals surface area contributed by atoms with E-state index in [1.165, 1.54) is 58.0 Å². The molecular weight excluding hydrogens is 370 g/mol. The van der Waals surface area contributed by atoms with Crippen molar-refractivity contribution in [1.82, 2.24) is 5.32 Å². The maximum atomic E-state index is 11.3. The van der Waals surface area contributed by atoms with Crippen LogP contribution in [-0.2, 0) is 4.79 Å². The molecule has 5 rings (SSSR count). The second-order valence-electron chi connectivity index (χ2n) is 12.3. The van der Waals surface area contributed by atoms with Gasteiger partial charge in [-0.2, -0.15) is 0 Å². The van der Waals surface area contributed by atoms with Gasteiger partial charge < -0.3 is 10.4 Å². The SMILES string of the molecule is CC1CC2CC(CC(=O)O)CC[C@]2(C)[C@@H]2CC[C@]3(C)C(C4CCCNC4)=CC[C@H]3[C@H]12. The number of nitrogens with one attached hydrogen (secondary N) is 1. The van der Waals surface area contributed by atoms with Crippen molar-refractivity contribution < 1.29 is 9.90 Å². The summed E-state index contributed by atoms with van der Waals surface area (Å²) in [6.07, 6.45) is 14.8. The Bertz CT molecular complexity index is 710. The topological polar surface area (TPSA) is 49.3 Å². The van der Waals surface area contributed by atoms with Crippen LogP contribution < -0.4 is 5.32 Å². The molecule has 0 aromatic carbocycles. The molecule has 0 radical (unpaired) electrons. The molecule has 4 unspecified atom stereocenters. The van der Waals surface area contributed by atoms with Crippen molar-refractivity contribution in [3.63, 3.8) is 0 Å². The lowest BCUT2D eigenvalue weighted by Gasteiger charge is -2.63. The highest BCUT2D eigenvalue weighted by Crippen LogP contribution is 2.68. The van der Waals surface area contributed by atoms with E-state index < -0.39 is 5.97 Å². The molecule has 0 amide bonds. The largest absolute Gasteiger partial charge is 0.481 e. The predicted molar refractivity (Wildman–Crippen MR) is 121 cm³/mol. The van der Waals surface area contributed by atoms with Crippen molar-refractivity contribution in [3.8, 4) is 0 Å². The van der Waals surface area contributed by atoms with Gasteiger partial charge in [0.25, 0.3) is 0 Å². The van der Waals surface area contributed by atoms with Crippen molar-refractivity contribution in [2.45, 2.75) is 85.0 Å². The van der Waals surface area contributed by atoms with Crippen LogP contribution in [0.4, 0.5) is 0 Å². The van der Waals surface area contributed by atoms with Gasteiger partial charge in [0, 0.05) is 13.0 Å². The third-order valence-electron chi connectivity index (χ3n) is 11.0. The highest BCUT2D eigenvalue weighted by atomic mass is 16.4. The van der Waals surface area contributed by atoms with E-state index >= 15 is 0 Å². The number of fused-ring (bicyclic) bond motifs is 5. The lowest BCUT2D eigenvalue weighted by Crippen LogP contribution is -2.56. The first-order valence-corrected chi connectivity index (χ1v) is 13.0. The average Bonchev–Trinajstić information content (AvgIpc) is 3.06. The molecule has 1 saturated heterocycles. The summed E-state index contributed by atoms with van der Waals surface area (Å²) in [5.41, 5.74) is 2.70. The fourth-order valence-corrected chi connectivity index (χ4v) is 9.51. The zero-order valence-corrected chi connectivity index (χ0v) is 19.5. The quantitative estimate of drug-likeness (QED) is 0.566. The lowest BCUT2D eigenvalue weighted by molar-refractivity contribution is -0.145. The summed E-state index contributed by atoms with van der Waals surface area (Å²) in [4.78, 5) is 11.3. The van der Waals surface area contributed by atoms with Crippen LogP contribution in [0.5, 0.6) is 0 Å². The standard InChI is InChI=1S/C27H43NO2/c1-17-13-20-14-18(15-24(29)30)8-10-26(20,2)23-9-11-27(3)21(6-7-22(27)25(17)23)19-5-4-12-28-16-19/h6,17-20,22-23,25,28H,4-5,7-16H2,1-3H3,(H,29,30)/t17?,18?,19?,20?,22-,23+,25-,26-,27+/m0/s1. The molecule has 0 aromatic heterocycles. The van der Waals surface area contributed by atoms with Gasteiger partial charge in [-0.05, 0) is 117 Å². The number of piperidine rings is 1. The molecule has 30 heavy (non-hydrogen) atoms. The fourth-order valence-electron chi connectivity index (χ4n) is 9.51. The smallest absolute Gasteiger partial charge is 0.303 e. The molecule has 3 saturated carbocycles. The van der Waals surface area contributed by atoms with Gasteiger partial charge in [0.15, 0.2) is 0 Å². The van der Waals surface area contributed by atoms with Crippen LogP contribution in [0.15, 0.2) is 11.6 Å². The van der Waals surface area contributed by atoms with E-state index in [9.17, 15) is 9.90 Å². The molecule has 4 fully saturated rings. The van der Waals surface area contributed by atoms with Gasteiger partial charge in [0.2, 0.25) is 0 Å². The van der Waals surface area contributed by atoms with Crippen LogP contribution in [0.25, 0.3) is 0 Å². The summed E-state index contributed by atoms with van der Waals surface area (Å²) in [7, 11) is 0. The van der Waals surface area contributed by atoms with Crippen molar-refractivity contribution in [3.05, 3.63) is 11.6 Å². The first-order chi connectivity index (χ1) is 14.3. The van der Waals surface area contributed by atoms with Gasteiger partial charge in [-0.15, -0.1) is 0 Å². The Morgan fingerprint density at radius 3 is 2.73 bits per heavy atom. The monoisotopic (exact) mass is 413 g/mol. The Balaban J connectivity index is 1.37. The Morgan fingerprint density at radius 2 is 2.00 bits per heavy atom. The van der Waals surface area contributed by atoms with Crippen molar-refractivity contribution >= 4 is 5.97 Å². The third-order valence-corrected chi connectivity index (χ3v) is 11.0. The molecule has 2 N–H and O–H groups in total. The number of hydrogen-bond acceptors (Lipinski definition) is 2. The summed E-state index contributed by atoms with van der Waals surface area (Å²) < 4.78 is 0. The number of carbonyl (C=O) groups is 1. The first-order valence-electron chi connectivity index (χ1n) is 13.0. The molecule has 9 atom stereocenters. The van der Waals surface area contributed by atoms with Crippen LogP contribution in [0.3, 0.4) is 0 Å². The summed E-state index contributed by atoms with van der Waals surface area (Å²) in [6, 6.07) is 0. The lowest BCUT2D eigenvalue weighted by atomic mass is 9.42. The summed E-state index contributed by atoms with van der Waals surface area (Å²) in [5.74, 6) is 4.69. The highest BCUT2D eigenvalue weighted by Gasteiger charge is 2.60. The summed E-state index contributed by atoms with van der Waals surface area (Å²) >= 11 is 0. The number of carboxylic acid groups (broad SMARTS) is 1. The molecule has 5 aliphatic rings. The molecule has 0 spiro atoms. The van der Waals surface area contributed by atoms with Crippen LogP contribution in [0.1, 0.15) is 85.0 Å². The zero-order valence-electron chi connectivity index (χ0n) is 19.5. The maximum absolute atomic E-state index is 11.3. The Kier molecular flexibility index (Phi) is 5.36. The number of rotatable bonds is 3. The number of aliphatic carboxylic acids is 1. The Labute approximate surface area is 183 Å². The van der Waals surface area contributed by atoms with Crippen LogP contribution >= 0.6 is 0 Å². The predicted octanol–water partition coefficient (Wildman–Crippen LogP) is 5.90. The van der Waals surface area contributed by atoms with E-state index in [2.05, 4.69) is 32.2 Å². The molecule has 1 heterocycles. The molecule has 0 bridgehead atoms. The molecule has 3 nitrogen and oxygen atoms in total. The number of hydrogen-bond donors (Lipinski definition) is 2. The zero-order chi connectivity index (χ0) is 21.1. The minimum atomic E-state index is -0.597. The number of carboxylic acids is 1. The van der Waals surface area contributed by atoms with Gasteiger partial charge in [-0.3, -0.25) is 4.79 Å².